The van der Waals surface area contributed by atoms with E-state index in [1.807, 2.05) is 0 Å². The first kappa shape index (κ1) is 17.0. The Hall–Kier alpha value is -2.41. The first-order chi connectivity index (χ1) is 12.7. The van der Waals surface area contributed by atoms with Crippen LogP contribution in [-0.2, 0) is 6.42 Å². The molecule has 0 atom stereocenters. The molecule has 1 saturated carbocycles. The molecule has 7 nitrogen and oxygen atoms in total. The van der Waals surface area contributed by atoms with Crippen molar-refractivity contribution in [3.63, 3.8) is 0 Å². The van der Waals surface area contributed by atoms with E-state index in [1.165, 1.54) is 32.1 Å². The van der Waals surface area contributed by atoms with Gasteiger partial charge in [0.1, 0.15) is 11.0 Å². The summed E-state index contributed by atoms with van der Waals surface area (Å²) < 4.78 is 5.49. The second-order valence-corrected chi connectivity index (χ2v) is 7.08. The summed E-state index contributed by atoms with van der Waals surface area (Å²) >= 11 is 5.84. The molecule has 26 heavy (non-hydrogen) atoms. The number of aromatic amines is 2. The average molecular weight is 374 g/mol. The standard InChI is InChI=1S/C18H20ClN5O2/c19-12-8-4-10-14(20-12)26-18-23-16-15(17(25)24-18)21-13(22-16)9-3-7-11-5-1-2-6-11/h4,8,10-11H,1-3,5-7,9H2,(H2,21,22,23,24,25). The molecule has 0 radical (unpaired) electrons. The third kappa shape index (κ3) is 3.88. The fraction of sp³-hybridized carbons (Fsp3) is 0.444. The van der Waals surface area contributed by atoms with Crippen LogP contribution >= 0.6 is 11.6 Å². The molecule has 3 aromatic heterocycles. The molecular weight excluding hydrogens is 354 g/mol. The van der Waals surface area contributed by atoms with Gasteiger partial charge in [-0.2, -0.15) is 4.98 Å². The van der Waals surface area contributed by atoms with Crippen molar-refractivity contribution >= 4 is 22.8 Å². The van der Waals surface area contributed by atoms with Gasteiger partial charge < -0.3 is 9.72 Å². The number of aryl methyl sites for hydroxylation is 1. The van der Waals surface area contributed by atoms with Crippen LogP contribution in [0.2, 0.25) is 5.15 Å². The zero-order chi connectivity index (χ0) is 17.9. The van der Waals surface area contributed by atoms with Gasteiger partial charge >= 0.3 is 6.01 Å². The molecule has 0 unspecified atom stereocenters. The number of aromatic nitrogens is 5. The van der Waals surface area contributed by atoms with Crippen molar-refractivity contribution in [3.8, 4) is 11.9 Å². The zero-order valence-corrected chi connectivity index (χ0v) is 15.1. The average Bonchev–Trinajstić information content (AvgIpc) is 3.25. The Morgan fingerprint density at radius 2 is 2.00 bits per heavy atom. The molecule has 3 aromatic rings. The Bertz CT molecular complexity index is 962. The van der Waals surface area contributed by atoms with Crippen molar-refractivity contribution in [2.45, 2.75) is 44.9 Å². The number of rotatable bonds is 6. The SMILES string of the molecule is O=c1[nH]c(Oc2cccc(Cl)n2)nc2nc(CCCC3CCCC3)[nH]c12. The van der Waals surface area contributed by atoms with Crippen molar-refractivity contribution in [2.24, 2.45) is 5.92 Å². The molecule has 8 heteroatoms. The lowest BCUT2D eigenvalue weighted by Crippen LogP contribution is -2.09. The maximum Gasteiger partial charge on any atom is 0.305 e. The van der Waals surface area contributed by atoms with E-state index < -0.39 is 0 Å². The van der Waals surface area contributed by atoms with Crippen molar-refractivity contribution in [3.05, 3.63) is 39.5 Å². The normalized spacial score (nSPS) is 15.0. The lowest BCUT2D eigenvalue weighted by atomic mass is 10.0. The van der Waals surface area contributed by atoms with E-state index in [-0.39, 0.29) is 17.4 Å². The van der Waals surface area contributed by atoms with Crippen molar-refractivity contribution in [2.75, 3.05) is 0 Å². The smallest absolute Gasteiger partial charge is 0.305 e. The Balaban J connectivity index is 1.48. The summed E-state index contributed by atoms with van der Waals surface area (Å²) in [5, 5.41) is 0.301. The molecule has 0 aromatic carbocycles. The highest BCUT2D eigenvalue weighted by Crippen LogP contribution is 2.29. The van der Waals surface area contributed by atoms with Gasteiger partial charge in [-0.1, -0.05) is 49.8 Å². The minimum absolute atomic E-state index is 0.0428. The van der Waals surface area contributed by atoms with Gasteiger partial charge in [0, 0.05) is 12.5 Å². The highest BCUT2D eigenvalue weighted by atomic mass is 35.5. The fourth-order valence-electron chi connectivity index (χ4n) is 3.50. The molecule has 0 saturated heterocycles. The number of hydrogen-bond acceptors (Lipinski definition) is 5. The first-order valence-corrected chi connectivity index (χ1v) is 9.34. The number of imidazole rings is 1. The van der Waals surface area contributed by atoms with Gasteiger partial charge in [0.2, 0.25) is 5.88 Å². The number of hydrogen-bond donors (Lipinski definition) is 2. The summed E-state index contributed by atoms with van der Waals surface area (Å²) in [5.74, 6) is 1.90. The van der Waals surface area contributed by atoms with E-state index in [9.17, 15) is 4.79 Å². The van der Waals surface area contributed by atoms with Gasteiger partial charge in [-0.15, -0.1) is 0 Å². The maximum absolute atomic E-state index is 12.3. The molecule has 4 rings (SSSR count). The van der Waals surface area contributed by atoms with Crippen LogP contribution in [0.15, 0.2) is 23.0 Å². The topological polar surface area (TPSA) is 96.6 Å². The number of halogens is 1. The highest BCUT2D eigenvalue weighted by molar-refractivity contribution is 6.29. The maximum atomic E-state index is 12.3. The highest BCUT2D eigenvalue weighted by Gasteiger charge is 2.15. The minimum atomic E-state index is -0.318. The summed E-state index contributed by atoms with van der Waals surface area (Å²) in [6.45, 7) is 0. The number of nitrogens with zero attached hydrogens (tertiary/aromatic N) is 3. The van der Waals surface area contributed by atoms with Crippen molar-refractivity contribution in [1.82, 2.24) is 24.9 Å². The molecule has 3 heterocycles. The Kier molecular flexibility index (Phi) is 4.88. The quantitative estimate of drug-likeness (QED) is 0.636. The molecule has 0 spiro atoms. The van der Waals surface area contributed by atoms with E-state index >= 15 is 0 Å². The fourth-order valence-corrected chi connectivity index (χ4v) is 3.66. The Morgan fingerprint density at radius 1 is 1.15 bits per heavy atom. The molecule has 1 aliphatic carbocycles. The Labute approximate surface area is 155 Å². The summed E-state index contributed by atoms with van der Waals surface area (Å²) in [5.41, 5.74) is 0.399. The van der Waals surface area contributed by atoms with Crippen LogP contribution in [0.3, 0.4) is 0 Å². The number of H-pyrrole nitrogens is 2. The lowest BCUT2D eigenvalue weighted by molar-refractivity contribution is 0.425. The van der Waals surface area contributed by atoms with Crippen LogP contribution < -0.4 is 10.3 Å². The van der Waals surface area contributed by atoms with Crippen LogP contribution in [0, 0.1) is 5.92 Å². The van der Waals surface area contributed by atoms with Gasteiger partial charge in [-0.05, 0) is 18.4 Å². The van der Waals surface area contributed by atoms with Crippen molar-refractivity contribution < 1.29 is 4.74 Å². The van der Waals surface area contributed by atoms with Crippen LogP contribution in [0.5, 0.6) is 11.9 Å². The summed E-state index contributed by atoms with van der Waals surface area (Å²) in [6.07, 6.45) is 8.52. The van der Waals surface area contributed by atoms with Gasteiger partial charge in [0.15, 0.2) is 11.2 Å². The molecule has 1 fully saturated rings. The second kappa shape index (κ2) is 7.45. The third-order valence-electron chi connectivity index (χ3n) is 4.78. The summed E-state index contributed by atoms with van der Waals surface area (Å²) in [6, 6.07) is 5.02. The molecule has 136 valence electrons. The summed E-state index contributed by atoms with van der Waals surface area (Å²) in [4.78, 5) is 30.7. The minimum Gasteiger partial charge on any atom is -0.406 e. The number of ether oxygens (including phenoxy) is 1. The van der Waals surface area contributed by atoms with Gasteiger partial charge in [0.05, 0.1) is 0 Å². The van der Waals surface area contributed by atoms with E-state index in [0.29, 0.717) is 16.3 Å². The lowest BCUT2D eigenvalue weighted by Gasteiger charge is -2.06. The number of fused-ring (bicyclic) bond motifs is 1. The predicted molar refractivity (Wildman–Crippen MR) is 98.7 cm³/mol. The second-order valence-electron chi connectivity index (χ2n) is 6.70. The van der Waals surface area contributed by atoms with E-state index in [0.717, 1.165) is 24.6 Å². The summed E-state index contributed by atoms with van der Waals surface area (Å²) in [7, 11) is 0. The van der Waals surface area contributed by atoms with Crippen molar-refractivity contribution in [1.29, 1.82) is 0 Å². The van der Waals surface area contributed by atoms with E-state index in [2.05, 4.69) is 24.9 Å². The van der Waals surface area contributed by atoms with E-state index in [4.69, 9.17) is 16.3 Å². The first-order valence-electron chi connectivity index (χ1n) is 8.97. The van der Waals surface area contributed by atoms with Crippen LogP contribution in [0.25, 0.3) is 11.2 Å². The van der Waals surface area contributed by atoms with Gasteiger partial charge in [-0.3, -0.25) is 9.78 Å². The molecule has 2 N–H and O–H groups in total. The van der Waals surface area contributed by atoms with Crippen LogP contribution in [-0.4, -0.2) is 24.9 Å². The third-order valence-corrected chi connectivity index (χ3v) is 4.99. The molecule has 0 aliphatic heterocycles. The Morgan fingerprint density at radius 3 is 2.81 bits per heavy atom. The molecule has 0 bridgehead atoms. The predicted octanol–water partition coefficient (Wildman–Crippen LogP) is 4.00. The van der Waals surface area contributed by atoms with Gasteiger partial charge in [-0.25, -0.2) is 9.97 Å². The zero-order valence-electron chi connectivity index (χ0n) is 14.3. The largest absolute Gasteiger partial charge is 0.406 e. The monoisotopic (exact) mass is 373 g/mol. The molecule has 0 amide bonds. The number of nitrogens with one attached hydrogen (secondary N) is 2. The van der Waals surface area contributed by atoms with Crippen LogP contribution in [0.1, 0.15) is 44.3 Å². The molecular formula is C18H20ClN5O2. The van der Waals surface area contributed by atoms with Gasteiger partial charge in [0.25, 0.3) is 5.56 Å². The number of pyridine rings is 1. The van der Waals surface area contributed by atoms with Crippen LogP contribution in [0.4, 0.5) is 0 Å². The van der Waals surface area contributed by atoms with E-state index in [1.54, 1.807) is 18.2 Å². The molecule has 1 aliphatic rings.